The molecule has 0 atom stereocenters. The van der Waals surface area contributed by atoms with Gasteiger partial charge in [0.15, 0.2) is 0 Å². The van der Waals surface area contributed by atoms with Crippen molar-refractivity contribution in [2.24, 2.45) is 0 Å². The van der Waals surface area contributed by atoms with Crippen LogP contribution in [0.2, 0.25) is 0 Å². The van der Waals surface area contributed by atoms with Gasteiger partial charge in [-0.2, -0.15) is 13.2 Å². The number of hydrogen-bond donors (Lipinski definition) is 3. The average Bonchev–Trinajstić information content (AvgIpc) is 2.90. The molecule has 9 nitrogen and oxygen atoms in total. The maximum absolute atomic E-state index is 13.1. The minimum Gasteiger partial charge on any atom is -0.478 e. The zero-order valence-corrected chi connectivity index (χ0v) is 23.4. The van der Waals surface area contributed by atoms with E-state index in [-0.39, 0.29) is 16.1 Å². The number of benzene rings is 3. The maximum atomic E-state index is 13.1. The first-order valence-electron chi connectivity index (χ1n) is 12.4. The number of piperazine rings is 1. The third-order valence-electron chi connectivity index (χ3n) is 6.57. The summed E-state index contributed by atoms with van der Waals surface area (Å²) >= 11 is 0. The molecule has 0 saturated carbocycles. The molecule has 4 rings (SSSR count). The number of sulfonamides is 1. The van der Waals surface area contributed by atoms with Gasteiger partial charge in [-0.1, -0.05) is 24.3 Å². The summed E-state index contributed by atoms with van der Waals surface area (Å²) in [7, 11) is -3.88. The van der Waals surface area contributed by atoms with Crippen LogP contribution in [0.5, 0.6) is 0 Å². The second kappa shape index (κ2) is 12.5. The molecular weight excluding hydrogens is 563 g/mol. The van der Waals surface area contributed by atoms with Crippen LogP contribution < -0.4 is 14.5 Å². The molecule has 1 saturated heterocycles. The molecule has 1 aliphatic rings. The van der Waals surface area contributed by atoms with Gasteiger partial charge >= 0.3 is 18.1 Å². The molecular formula is C28H30F3N3O6S. The summed E-state index contributed by atoms with van der Waals surface area (Å²) in [6.45, 7) is 8.96. The molecule has 0 bridgehead atoms. The van der Waals surface area contributed by atoms with Crippen molar-refractivity contribution in [1.29, 1.82) is 0 Å². The van der Waals surface area contributed by atoms with E-state index in [1.807, 2.05) is 13.0 Å². The second-order valence-corrected chi connectivity index (χ2v) is 11.1. The van der Waals surface area contributed by atoms with Crippen LogP contribution in [-0.4, -0.2) is 62.9 Å². The molecule has 3 aromatic carbocycles. The van der Waals surface area contributed by atoms with E-state index in [2.05, 4.69) is 46.6 Å². The van der Waals surface area contributed by atoms with Gasteiger partial charge in [-0.15, -0.1) is 0 Å². The lowest BCUT2D eigenvalue weighted by atomic mass is 10.1. The van der Waals surface area contributed by atoms with Crippen molar-refractivity contribution >= 4 is 39.0 Å². The lowest BCUT2D eigenvalue weighted by Gasteiger charge is -2.39. The summed E-state index contributed by atoms with van der Waals surface area (Å²) < 4.78 is 60.6. The van der Waals surface area contributed by atoms with Crippen LogP contribution in [0.25, 0.3) is 0 Å². The SMILES string of the molecule is Cc1cccc(S(=O)(=O)Nc2cc(C(=O)O)ccc2N2CCN(c3cccc(C)c3C)CC2)c1.O=C(O)C(F)(F)F. The number of aliphatic carboxylic acids is 1. The Kier molecular flexibility index (Phi) is 9.53. The van der Waals surface area contributed by atoms with Crippen molar-refractivity contribution in [2.45, 2.75) is 31.8 Å². The van der Waals surface area contributed by atoms with E-state index in [9.17, 15) is 31.5 Å². The number of carboxylic acids is 2. The molecule has 1 fully saturated rings. The molecule has 1 aliphatic heterocycles. The summed E-state index contributed by atoms with van der Waals surface area (Å²) in [5.74, 6) is -3.87. The number of carbonyl (C=O) groups is 2. The van der Waals surface area contributed by atoms with Gasteiger partial charge < -0.3 is 20.0 Å². The van der Waals surface area contributed by atoms with Gasteiger partial charge in [0.1, 0.15) is 0 Å². The summed E-state index contributed by atoms with van der Waals surface area (Å²) in [6, 6.07) is 17.5. The molecule has 220 valence electrons. The number of hydrogen-bond acceptors (Lipinski definition) is 6. The Morgan fingerprint density at radius 1 is 0.829 bits per heavy atom. The summed E-state index contributed by atoms with van der Waals surface area (Å²) in [5.41, 5.74) is 5.50. The number of carboxylic acid groups (broad SMARTS) is 2. The van der Waals surface area contributed by atoms with Gasteiger partial charge in [-0.05, 0) is 73.9 Å². The van der Waals surface area contributed by atoms with Gasteiger partial charge in [-0.3, -0.25) is 4.72 Å². The zero-order chi connectivity index (χ0) is 30.5. The molecule has 0 radical (unpaired) electrons. The third kappa shape index (κ3) is 7.91. The first kappa shape index (κ1) is 31.3. The van der Waals surface area contributed by atoms with E-state index in [1.165, 1.54) is 35.0 Å². The third-order valence-corrected chi connectivity index (χ3v) is 7.93. The highest BCUT2D eigenvalue weighted by atomic mass is 32.2. The molecule has 0 aromatic heterocycles. The van der Waals surface area contributed by atoms with Crippen LogP contribution >= 0.6 is 0 Å². The number of anilines is 3. The fourth-order valence-corrected chi connectivity index (χ4v) is 5.45. The van der Waals surface area contributed by atoms with Crippen molar-refractivity contribution in [3.8, 4) is 0 Å². The van der Waals surface area contributed by atoms with Crippen molar-refractivity contribution in [3.05, 3.63) is 82.9 Å². The standard InChI is InChI=1S/C26H29N3O4S.C2HF3O2/c1-18-6-4-8-22(16-18)34(32,33)27-23-17-21(26(30)31)10-11-25(23)29-14-12-28(13-15-29)24-9-5-7-19(2)20(24)3;3-2(4,5)1(6)7/h4-11,16-17,27H,12-15H2,1-3H3,(H,30,31);(H,6,7). The van der Waals surface area contributed by atoms with Crippen molar-refractivity contribution < 1.29 is 41.4 Å². The van der Waals surface area contributed by atoms with Gasteiger partial charge in [0.2, 0.25) is 0 Å². The lowest BCUT2D eigenvalue weighted by molar-refractivity contribution is -0.192. The zero-order valence-electron chi connectivity index (χ0n) is 22.6. The van der Waals surface area contributed by atoms with Crippen molar-refractivity contribution in [3.63, 3.8) is 0 Å². The number of halogens is 3. The second-order valence-electron chi connectivity index (χ2n) is 9.46. The fourth-order valence-electron chi connectivity index (χ4n) is 4.28. The minimum atomic E-state index is -5.08. The van der Waals surface area contributed by atoms with Gasteiger partial charge in [-0.25, -0.2) is 18.0 Å². The van der Waals surface area contributed by atoms with E-state index < -0.39 is 28.1 Å². The fraction of sp³-hybridized carbons (Fsp3) is 0.286. The Hall–Kier alpha value is -4.26. The van der Waals surface area contributed by atoms with Crippen molar-refractivity contribution in [1.82, 2.24) is 0 Å². The van der Waals surface area contributed by atoms with E-state index in [1.54, 1.807) is 18.2 Å². The van der Waals surface area contributed by atoms with Gasteiger partial charge in [0, 0.05) is 31.9 Å². The number of aryl methyl sites for hydroxylation is 2. The monoisotopic (exact) mass is 593 g/mol. The number of rotatable bonds is 6. The van der Waals surface area contributed by atoms with Gasteiger partial charge in [0.05, 0.1) is 21.8 Å². The van der Waals surface area contributed by atoms with Gasteiger partial charge in [0.25, 0.3) is 10.0 Å². The Labute approximate surface area is 235 Å². The Morgan fingerprint density at radius 2 is 1.39 bits per heavy atom. The van der Waals surface area contributed by atoms with E-state index >= 15 is 0 Å². The highest BCUT2D eigenvalue weighted by Gasteiger charge is 2.38. The predicted molar refractivity (Wildman–Crippen MR) is 149 cm³/mol. The molecule has 41 heavy (non-hydrogen) atoms. The van der Waals surface area contributed by atoms with E-state index in [4.69, 9.17) is 9.90 Å². The lowest BCUT2D eigenvalue weighted by Crippen LogP contribution is -2.47. The normalized spacial score (nSPS) is 13.7. The van der Waals surface area contributed by atoms with E-state index in [0.717, 1.165) is 18.7 Å². The highest BCUT2D eigenvalue weighted by molar-refractivity contribution is 7.92. The Balaban J connectivity index is 0.000000587. The number of nitrogens with zero attached hydrogens (tertiary/aromatic N) is 2. The molecule has 0 spiro atoms. The molecule has 1 heterocycles. The van der Waals surface area contributed by atoms with Crippen LogP contribution in [0.15, 0.2) is 65.6 Å². The predicted octanol–water partition coefficient (Wildman–Crippen LogP) is 5.07. The molecule has 0 aliphatic carbocycles. The van der Waals surface area contributed by atoms with E-state index in [0.29, 0.717) is 18.8 Å². The maximum Gasteiger partial charge on any atom is 0.490 e. The molecule has 13 heteroatoms. The quantitative estimate of drug-likeness (QED) is 0.362. The van der Waals surface area contributed by atoms with Crippen LogP contribution in [-0.2, 0) is 14.8 Å². The van der Waals surface area contributed by atoms with Crippen LogP contribution in [0.4, 0.5) is 30.2 Å². The summed E-state index contributed by atoms with van der Waals surface area (Å²) in [4.78, 5) is 25.0. The first-order chi connectivity index (χ1) is 19.1. The number of alkyl halides is 3. The highest BCUT2D eigenvalue weighted by Crippen LogP contribution is 2.32. The Morgan fingerprint density at radius 3 is 1.93 bits per heavy atom. The average molecular weight is 594 g/mol. The Bertz CT molecular complexity index is 1540. The number of aromatic carboxylic acids is 1. The minimum absolute atomic E-state index is 0.0275. The van der Waals surface area contributed by atoms with Crippen LogP contribution in [0.1, 0.15) is 27.0 Å². The molecule has 3 aromatic rings. The van der Waals surface area contributed by atoms with Crippen LogP contribution in [0, 0.1) is 20.8 Å². The molecule has 0 amide bonds. The van der Waals surface area contributed by atoms with Crippen LogP contribution in [0.3, 0.4) is 0 Å². The summed E-state index contributed by atoms with van der Waals surface area (Å²) in [6.07, 6.45) is -5.08. The largest absolute Gasteiger partial charge is 0.490 e. The van der Waals surface area contributed by atoms with Crippen molar-refractivity contribution in [2.75, 3.05) is 40.7 Å². The molecule has 3 N–H and O–H groups in total. The topological polar surface area (TPSA) is 127 Å². The smallest absolute Gasteiger partial charge is 0.478 e. The number of nitrogens with one attached hydrogen (secondary N) is 1. The summed E-state index contributed by atoms with van der Waals surface area (Å²) in [5, 5.41) is 16.6. The molecule has 0 unspecified atom stereocenters. The first-order valence-corrected chi connectivity index (χ1v) is 13.9.